The lowest BCUT2D eigenvalue weighted by molar-refractivity contribution is 0.501. The highest BCUT2D eigenvalue weighted by Crippen LogP contribution is 2.13. The average molecular weight is 159 g/mol. The summed E-state index contributed by atoms with van der Waals surface area (Å²) in [7, 11) is -2.15. The first-order valence-electron chi connectivity index (χ1n) is 2.49. The molecule has 0 fully saturated rings. The third-order valence-corrected chi connectivity index (χ3v) is 1.53. The molecule has 0 aromatic heterocycles. The van der Waals surface area contributed by atoms with Crippen LogP contribution in [0, 0.1) is 0 Å². The van der Waals surface area contributed by atoms with Crippen molar-refractivity contribution < 1.29 is 9.46 Å². The van der Waals surface area contributed by atoms with E-state index in [1.807, 2.05) is 6.92 Å². The van der Waals surface area contributed by atoms with E-state index in [1.54, 1.807) is 0 Å². The standard InChI is InChI=1S/C4H11O2P.ClH/c1-2-3-4-7(5)6;/h7H,2-4H2,1H3,(H,5,6);1H. The Morgan fingerprint density at radius 3 is 2.25 bits per heavy atom. The summed E-state index contributed by atoms with van der Waals surface area (Å²) in [6.45, 7) is 2.00. The fraction of sp³-hybridized carbons (Fsp3) is 1.00. The van der Waals surface area contributed by atoms with Crippen LogP contribution >= 0.6 is 20.4 Å². The quantitative estimate of drug-likeness (QED) is 0.635. The van der Waals surface area contributed by atoms with Crippen LogP contribution in [0.2, 0.25) is 0 Å². The number of hydrogen-bond acceptors (Lipinski definition) is 1. The molecule has 52 valence electrons. The van der Waals surface area contributed by atoms with Crippen molar-refractivity contribution in [2.24, 2.45) is 0 Å². The summed E-state index contributed by atoms with van der Waals surface area (Å²) in [6, 6.07) is 0. The Bertz CT molecular complexity index is 67.1. The van der Waals surface area contributed by atoms with Gasteiger partial charge in [-0.2, -0.15) is 0 Å². The van der Waals surface area contributed by atoms with E-state index in [-0.39, 0.29) is 12.4 Å². The van der Waals surface area contributed by atoms with Crippen molar-refractivity contribution in [2.45, 2.75) is 19.8 Å². The first-order valence-corrected chi connectivity index (χ1v) is 4.05. The minimum absolute atomic E-state index is 0. The first-order chi connectivity index (χ1) is 3.27. The summed E-state index contributed by atoms with van der Waals surface area (Å²) in [6.07, 6.45) is 2.40. The minimum atomic E-state index is -2.15. The van der Waals surface area contributed by atoms with E-state index < -0.39 is 8.03 Å². The number of unbranched alkanes of at least 4 members (excludes halogenated alkanes) is 1. The van der Waals surface area contributed by atoms with Gasteiger partial charge in [-0.05, 0) is 6.42 Å². The van der Waals surface area contributed by atoms with Crippen molar-refractivity contribution in [2.75, 3.05) is 6.16 Å². The largest absolute Gasteiger partial charge is 0.346 e. The summed E-state index contributed by atoms with van der Waals surface area (Å²) >= 11 is 0. The molecule has 1 atom stereocenters. The molecule has 0 rings (SSSR count). The lowest BCUT2D eigenvalue weighted by atomic mass is 10.4. The van der Waals surface area contributed by atoms with Crippen molar-refractivity contribution in [1.82, 2.24) is 0 Å². The molecule has 0 aliphatic carbocycles. The van der Waals surface area contributed by atoms with Crippen molar-refractivity contribution in [3.8, 4) is 0 Å². The lowest BCUT2D eigenvalue weighted by Crippen LogP contribution is -1.73. The molecule has 1 N–H and O–H groups in total. The zero-order valence-electron chi connectivity index (χ0n) is 4.89. The minimum Gasteiger partial charge on any atom is -0.346 e. The van der Waals surface area contributed by atoms with Gasteiger partial charge in [-0.1, -0.05) is 13.3 Å². The van der Waals surface area contributed by atoms with Crippen LogP contribution in [-0.2, 0) is 4.57 Å². The smallest absolute Gasteiger partial charge is 0.189 e. The fourth-order valence-corrected chi connectivity index (χ4v) is 0.984. The summed E-state index contributed by atoms with van der Waals surface area (Å²) < 4.78 is 9.94. The molecule has 0 aliphatic rings. The Morgan fingerprint density at radius 2 is 2.12 bits per heavy atom. The van der Waals surface area contributed by atoms with Gasteiger partial charge in [0, 0.05) is 6.16 Å². The van der Waals surface area contributed by atoms with Gasteiger partial charge in [0.15, 0.2) is 8.03 Å². The van der Waals surface area contributed by atoms with Crippen LogP contribution in [0.3, 0.4) is 0 Å². The van der Waals surface area contributed by atoms with E-state index in [4.69, 9.17) is 4.89 Å². The SMILES string of the molecule is CCCC[PH](=O)O.Cl. The first kappa shape index (κ1) is 11.3. The number of halogens is 1. The Morgan fingerprint density at radius 1 is 1.62 bits per heavy atom. The van der Waals surface area contributed by atoms with Crippen LogP contribution in [0.4, 0.5) is 0 Å². The van der Waals surface area contributed by atoms with Crippen LogP contribution in [0.5, 0.6) is 0 Å². The van der Waals surface area contributed by atoms with E-state index in [2.05, 4.69) is 0 Å². The second-order valence-corrected chi connectivity index (χ2v) is 2.78. The van der Waals surface area contributed by atoms with Gasteiger partial charge in [-0.25, -0.2) is 0 Å². The molecule has 0 aliphatic heterocycles. The maximum Gasteiger partial charge on any atom is 0.189 e. The van der Waals surface area contributed by atoms with Crippen LogP contribution < -0.4 is 0 Å². The predicted molar refractivity (Wildman–Crippen MR) is 38.2 cm³/mol. The van der Waals surface area contributed by atoms with E-state index in [0.29, 0.717) is 6.16 Å². The van der Waals surface area contributed by atoms with Crippen molar-refractivity contribution in [3.05, 3.63) is 0 Å². The highest BCUT2D eigenvalue weighted by atomic mass is 35.5. The monoisotopic (exact) mass is 158 g/mol. The summed E-state index contributed by atoms with van der Waals surface area (Å²) in [4.78, 5) is 8.23. The van der Waals surface area contributed by atoms with Crippen LogP contribution in [0.1, 0.15) is 19.8 Å². The van der Waals surface area contributed by atoms with Gasteiger partial charge < -0.3 is 4.89 Å². The second-order valence-electron chi connectivity index (χ2n) is 1.50. The van der Waals surface area contributed by atoms with Crippen LogP contribution in [0.25, 0.3) is 0 Å². The maximum atomic E-state index is 9.94. The predicted octanol–water partition coefficient (Wildman–Crippen LogP) is 1.68. The number of hydrogen-bond donors (Lipinski definition) is 1. The van der Waals surface area contributed by atoms with Gasteiger partial charge in [0.2, 0.25) is 0 Å². The van der Waals surface area contributed by atoms with Crippen molar-refractivity contribution in [3.63, 3.8) is 0 Å². The maximum absolute atomic E-state index is 9.94. The normalized spacial score (nSPS) is 12.2. The molecule has 8 heavy (non-hydrogen) atoms. The highest BCUT2D eigenvalue weighted by molar-refractivity contribution is 7.37. The molecule has 4 heteroatoms. The Kier molecular flexibility index (Phi) is 10.6. The molecule has 0 radical (unpaired) electrons. The molecule has 0 bridgehead atoms. The summed E-state index contributed by atoms with van der Waals surface area (Å²) in [5.41, 5.74) is 0. The molecule has 0 heterocycles. The second kappa shape index (κ2) is 7.48. The van der Waals surface area contributed by atoms with Crippen LogP contribution in [0.15, 0.2) is 0 Å². The van der Waals surface area contributed by atoms with E-state index in [0.717, 1.165) is 12.8 Å². The Balaban J connectivity index is 0. The average Bonchev–Trinajstić information content (AvgIpc) is 1.61. The third kappa shape index (κ3) is 9.70. The van der Waals surface area contributed by atoms with Gasteiger partial charge in [0.1, 0.15) is 0 Å². The molecule has 2 nitrogen and oxygen atoms in total. The fourth-order valence-electron chi connectivity index (χ4n) is 0.328. The van der Waals surface area contributed by atoms with Gasteiger partial charge >= 0.3 is 0 Å². The zero-order valence-corrected chi connectivity index (χ0v) is 6.70. The lowest BCUT2D eigenvalue weighted by Gasteiger charge is -1.87. The molecule has 0 saturated carbocycles. The molecular formula is C4H12ClO2P. The topological polar surface area (TPSA) is 37.3 Å². The van der Waals surface area contributed by atoms with E-state index >= 15 is 0 Å². The van der Waals surface area contributed by atoms with E-state index in [1.165, 1.54) is 0 Å². The molecule has 0 aromatic rings. The molecular weight excluding hydrogens is 146 g/mol. The third-order valence-electron chi connectivity index (χ3n) is 0.744. The molecule has 0 aromatic carbocycles. The highest BCUT2D eigenvalue weighted by Gasteiger charge is 1.87. The Labute approximate surface area is 56.6 Å². The molecule has 0 spiro atoms. The number of rotatable bonds is 3. The zero-order chi connectivity index (χ0) is 5.70. The van der Waals surface area contributed by atoms with Gasteiger partial charge in [0.25, 0.3) is 0 Å². The van der Waals surface area contributed by atoms with Crippen molar-refractivity contribution in [1.29, 1.82) is 0 Å². The molecule has 1 unspecified atom stereocenters. The Hall–Kier alpha value is 0.480. The van der Waals surface area contributed by atoms with E-state index in [9.17, 15) is 4.57 Å². The van der Waals surface area contributed by atoms with Gasteiger partial charge in [-0.15, -0.1) is 12.4 Å². The molecule has 0 amide bonds. The summed E-state index contributed by atoms with van der Waals surface area (Å²) in [5.74, 6) is 0. The summed E-state index contributed by atoms with van der Waals surface area (Å²) in [5, 5.41) is 0. The van der Waals surface area contributed by atoms with Gasteiger partial charge in [-0.3, -0.25) is 4.57 Å². The van der Waals surface area contributed by atoms with Gasteiger partial charge in [0.05, 0.1) is 0 Å². The van der Waals surface area contributed by atoms with Crippen LogP contribution in [-0.4, -0.2) is 11.1 Å². The van der Waals surface area contributed by atoms with Crippen molar-refractivity contribution >= 4 is 20.4 Å². The molecule has 0 saturated heterocycles.